The van der Waals surface area contributed by atoms with Crippen LogP contribution in [0.5, 0.6) is 0 Å². The average molecular weight is 188 g/mol. The standard InChI is InChI=1S/C6H4N4S.Na.H/c7-3-6(4-8)10(5-9)1-2-11;;/h1-2,6,11H;;/q;+1;-1. The van der Waals surface area contributed by atoms with Gasteiger partial charge in [0.2, 0.25) is 6.04 Å². The Morgan fingerprint density at radius 2 is 1.83 bits per heavy atom. The molecule has 0 radical (unpaired) electrons. The van der Waals surface area contributed by atoms with E-state index in [0.29, 0.717) is 0 Å². The number of nitriles is 3. The maximum absolute atomic E-state index is 8.38. The summed E-state index contributed by atoms with van der Waals surface area (Å²) < 4.78 is 0. The zero-order chi connectivity index (χ0) is 8.69. The van der Waals surface area contributed by atoms with E-state index in [2.05, 4.69) is 12.6 Å². The molecule has 56 valence electrons. The molecule has 0 bridgehead atoms. The summed E-state index contributed by atoms with van der Waals surface area (Å²) in [5.41, 5.74) is 0. The fourth-order valence-corrected chi connectivity index (χ4v) is 0.546. The molecule has 0 aromatic rings. The zero-order valence-corrected chi connectivity index (χ0v) is 9.36. The first-order valence-corrected chi connectivity index (χ1v) is 3.10. The van der Waals surface area contributed by atoms with Gasteiger partial charge in [0.05, 0.1) is 0 Å². The van der Waals surface area contributed by atoms with Crippen molar-refractivity contribution < 1.29 is 31.0 Å². The van der Waals surface area contributed by atoms with Crippen molar-refractivity contribution in [1.29, 1.82) is 15.8 Å². The van der Waals surface area contributed by atoms with E-state index >= 15 is 0 Å². The van der Waals surface area contributed by atoms with Crippen molar-refractivity contribution in [3.8, 4) is 18.3 Å². The summed E-state index contributed by atoms with van der Waals surface area (Å²) >= 11 is 3.69. The van der Waals surface area contributed by atoms with Crippen molar-refractivity contribution >= 4 is 12.6 Å². The van der Waals surface area contributed by atoms with Crippen LogP contribution in [0.4, 0.5) is 0 Å². The van der Waals surface area contributed by atoms with E-state index in [1.165, 1.54) is 11.6 Å². The maximum atomic E-state index is 8.38. The van der Waals surface area contributed by atoms with Gasteiger partial charge in [-0.1, -0.05) is 0 Å². The van der Waals surface area contributed by atoms with E-state index in [1.54, 1.807) is 18.3 Å². The first-order valence-electron chi connectivity index (χ1n) is 2.58. The van der Waals surface area contributed by atoms with Gasteiger partial charge < -0.3 is 1.43 Å². The number of rotatable bonds is 2. The topological polar surface area (TPSA) is 74.6 Å². The van der Waals surface area contributed by atoms with E-state index in [-0.39, 0.29) is 31.0 Å². The van der Waals surface area contributed by atoms with Gasteiger partial charge in [0.1, 0.15) is 12.1 Å². The van der Waals surface area contributed by atoms with Crippen LogP contribution in [0.1, 0.15) is 1.43 Å². The number of thiol groups is 1. The molecule has 0 unspecified atom stereocenters. The average Bonchev–Trinajstić information content (AvgIpc) is 2.05. The predicted molar refractivity (Wildman–Crippen MR) is 41.7 cm³/mol. The Kier molecular flexibility index (Phi) is 9.81. The van der Waals surface area contributed by atoms with Crippen molar-refractivity contribution in [2.24, 2.45) is 0 Å². The third-order valence-corrected chi connectivity index (χ3v) is 0.999. The largest absolute Gasteiger partial charge is 1.00 e. The summed E-state index contributed by atoms with van der Waals surface area (Å²) in [5.74, 6) is 0. The molecule has 0 aromatic carbocycles. The van der Waals surface area contributed by atoms with Crippen LogP contribution in [-0.2, 0) is 0 Å². The summed E-state index contributed by atoms with van der Waals surface area (Å²) in [6, 6.07) is 2.22. The third-order valence-electron chi connectivity index (χ3n) is 0.865. The Morgan fingerprint density at radius 3 is 2.08 bits per heavy atom. The first kappa shape index (κ1) is 13.9. The first-order chi connectivity index (χ1) is 5.29. The summed E-state index contributed by atoms with van der Waals surface area (Å²) in [4.78, 5) is 0.910. The molecule has 0 spiro atoms. The molecule has 0 fully saturated rings. The number of hydrogen-bond donors (Lipinski definition) is 1. The van der Waals surface area contributed by atoms with Crippen LogP contribution in [0.2, 0.25) is 0 Å². The van der Waals surface area contributed by atoms with E-state index in [9.17, 15) is 0 Å². The Bertz CT molecular complexity index is 260. The second-order valence-electron chi connectivity index (χ2n) is 1.47. The minimum absolute atomic E-state index is 0. The van der Waals surface area contributed by atoms with Crippen LogP contribution in [0, 0.1) is 34.1 Å². The van der Waals surface area contributed by atoms with Gasteiger partial charge in [-0.2, -0.15) is 15.8 Å². The Labute approximate surface area is 99.9 Å². The van der Waals surface area contributed by atoms with Gasteiger partial charge in [-0.05, 0) is 5.41 Å². The Hall–Kier alpha value is -0.640. The van der Waals surface area contributed by atoms with E-state index in [0.717, 1.165) is 4.90 Å². The fourth-order valence-electron chi connectivity index (χ4n) is 0.402. The van der Waals surface area contributed by atoms with Gasteiger partial charge in [0.15, 0.2) is 6.19 Å². The summed E-state index contributed by atoms with van der Waals surface area (Å²) in [6.45, 7) is 0. The minimum atomic E-state index is -1.07. The molecule has 0 heterocycles. The van der Waals surface area contributed by atoms with Crippen LogP contribution >= 0.6 is 12.6 Å². The van der Waals surface area contributed by atoms with E-state index in [1.807, 2.05) is 0 Å². The molecule has 0 amide bonds. The molecule has 0 aliphatic rings. The van der Waals surface area contributed by atoms with Crippen LogP contribution < -0.4 is 29.6 Å². The van der Waals surface area contributed by atoms with Crippen molar-refractivity contribution in [3.05, 3.63) is 11.6 Å². The van der Waals surface area contributed by atoms with Gasteiger partial charge in [0.25, 0.3) is 0 Å². The summed E-state index contributed by atoms with van der Waals surface area (Å²) in [6.07, 6.45) is 2.91. The molecule has 6 heteroatoms. The smallest absolute Gasteiger partial charge is 1.00 e. The van der Waals surface area contributed by atoms with Gasteiger partial charge in [-0.3, -0.25) is 4.90 Å². The molecule has 12 heavy (non-hydrogen) atoms. The van der Waals surface area contributed by atoms with Crippen molar-refractivity contribution in [1.82, 2.24) is 4.90 Å². The second-order valence-corrected chi connectivity index (χ2v) is 1.76. The summed E-state index contributed by atoms with van der Waals surface area (Å²) in [7, 11) is 0. The monoisotopic (exact) mass is 188 g/mol. The minimum Gasteiger partial charge on any atom is -1.00 e. The second kappa shape index (κ2) is 8.46. The van der Waals surface area contributed by atoms with Crippen molar-refractivity contribution in [3.63, 3.8) is 0 Å². The van der Waals surface area contributed by atoms with Crippen molar-refractivity contribution in [2.45, 2.75) is 6.04 Å². The quantitative estimate of drug-likeness (QED) is 0.229. The molecule has 0 atom stereocenters. The molecule has 0 N–H and O–H groups in total. The molecule has 0 aliphatic heterocycles. The number of hydrogen-bond acceptors (Lipinski definition) is 5. The molecule has 0 aliphatic carbocycles. The van der Waals surface area contributed by atoms with Crippen LogP contribution in [0.25, 0.3) is 0 Å². The van der Waals surface area contributed by atoms with Gasteiger partial charge in [-0.25, -0.2) is 0 Å². The molecule has 0 rings (SSSR count). The Balaban J connectivity index is -0.000000500. The third kappa shape index (κ3) is 4.28. The van der Waals surface area contributed by atoms with Gasteiger partial charge in [0, 0.05) is 6.20 Å². The molecular formula is C6H5N4NaS. The molecule has 0 saturated carbocycles. The number of nitrogens with zero attached hydrogens (tertiary/aromatic N) is 4. The van der Waals surface area contributed by atoms with Crippen LogP contribution in [0.15, 0.2) is 11.6 Å². The van der Waals surface area contributed by atoms with Crippen LogP contribution in [0.3, 0.4) is 0 Å². The fraction of sp³-hybridized carbons (Fsp3) is 0.167. The maximum Gasteiger partial charge on any atom is 1.00 e. The summed E-state index contributed by atoms with van der Waals surface area (Å²) in [5, 5.41) is 26.3. The molecular weight excluding hydrogens is 183 g/mol. The molecule has 0 saturated heterocycles. The van der Waals surface area contributed by atoms with Gasteiger partial charge >= 0.3 is 29.6 Å². The van der Waals surface area contributed by atoms with E-state index < -0.39 is 6.04 Å². The van der Waals surface area contributed by atoms with Crippen LogP contribution in [-0.4, -0.2) is 10.9 Å². The van der Waals surface area contributed by atoms with Gasteiger partial charge in [-0.15, -0.1) is 12.6 Å². The van der Waals surface area contributed by atoms with Crippen molar-refractivity contribution in [2.75, 3.05) is 0 Å². The molecule has 4 nitrogen and oxygen atoms in total. The molecule has 0 aromatic heterocycles. The van der Waals surface area contributed by atoms with E-state index in [4.69, 9.17) is 15.8 Å². The Morgan fingerprint density at radius 1 is 1.33 bits per heavy atom. The zero-order valence-electron chi connectivity index (χ0n) is 7.47. The SMILES string of the molecule is N#CC(C#N)N(C#N)C=CS.[H-].[Na+]. The normalized spacial score (nSPS) is 7.92. The predicted octanol–water partition coefficient (Wildman–Crippen LogP) is -2.30.